The van der Waals surface area contributed by atoms with Crippen LogP contribution < -0.4 is 14.5 Å². The Kier molecular flexibility index (Phi) is 8.57. The van der Waals surface area contributed by atoms with Crippen molar-refractivity contribution in [3.63, 3.8) is 0 Å². The Morgan fingerprint density at radius 2 is 1.60 bits per heavy atom. The second kappa shape index (κ2) is 12.5. The fourth-order valence-corrected chi connectivity index (χ4v) is 5.38. The van der Waals surface area contributed by atoms with Gasteiger partial charge in [0.1, 0.15) is 29.8 Å². The monoisotopic (exact) mass is 582 g/mol. The Labute approximate surface area is 249 Å². The highest BCUT2D eigenvalue weighted by Crippen LogP contribution is 2.43. The molecule has 8 heteroatoms. The fourth-order valence-electron chi connectivity index (χ4n) is 5.38. The molecule has 1 unspecified atom stereocenters. The first kappa shape index (κ1) is 29.5. The zero-order valence-electron chi connectivity index (χ0n) is 24.2. The predicted octanol–water partition coefficient (Wildman–Crippen LogP) is 7.32. The van der Waals surface area contributed by atoms with E-state index in [1.165, 1.54) is 0 Å². The summed E-state index contributed by atoms with van der Waals surface area (Å²) in [6.45, 7) is 7.78. The van der Waals surface area contributed by atoms with Crippen LogP contribution in [0.4, 0.5) is 20.2 Å². The van der Waals surface area contributed by atoms with Gasteiger partial charge in [0.2, 0.25) is 0 Å². The van der Waals surface area contributed by atoms with Gasteiger partial charge in [0.05, 0.1) is 17.3 Å². The predicted molar refractivity (Wildman–Crippen MR) is 163 cm³/mol. The average molecular weight is 583 g/mol. The van der Waals surface area contributed by atoms with Crippen LogP contribution in [0, 0.1) is 18.6 Å². The smallest absolute Gasteiger partial charge is 0.300 e. The molecule has 5 rings (SSSR count). The molecule has 0 bridgehead atoms. The standard InChI is InChI=1S/C35H32F2N2O4/c1-4-38(5-2)27-15-11-24(12-16-27)32-31(34(41)35(42)39(32)29-17-14-26(36)20-28(29)37)33(40)25-13-18-30(22(3)19-25)43-21-23-9-7-6-8-10-23/h6-20,32,40H,4-5,21H2,1-3H3/b33-31+. The number of Topliss-reactive ketones (excluding diaryl/α,β-unsaturated/α-hetero) is 1. The molecule has 1 amide bonds. The molecule has 6 nitrogen and oxygen atoms in total. The molecule has 1 atom stereocenters. The average Bonchev–Trinajstić information content (AvgIpc) is 3.27. The Morgan fingerprint density at radius 1 is 0.907 bits per heavy atom. The molecule has 0 aromatic heterocycles. The maximum atomic E-state index is 15.1. The molecular formula is C35H32F2N2O4. The normalized spacial score (nSPS) is 16.0. The summed E-state index contributed by atoms with van der Waals surface area (Å²) in [7, 11) is 0. The van der Waals surface area contributed by atoms with E-state index in [2.05, 4.69) is 4.90 Å². The number of halogens is 2. The number of ketones is 1. The van der Waals surface area contributed by atoms with Crippen LogP contribution in [0.2, 0.25) is 0 Å². The molecule has 0 radical (unpaired) electrons. The van der Waals surface area contributed by atoms with Crippen molar-refractivity contribution < 1.29 is 28.2 Å². The molecule has 1 saturated heterocycles. The van der Waals surface area contributed by atoms with Gasteiger partial charge >= 0.3 is 0 Å². The molecule has 220 valence electrons. The van der Waals surface area contributed by atoms with Crippen LogP contribution in [-0.2, 0) is 16.2 Å². The fraction of sp³-hybridized carbons (Fsp3) is 0.200. The number of aryl methyl sites for hydroxylation is 1. The summed E-state index contributed by atoms with van der Waals surface area (Å²) in [5.74, 6) is -3.62. The number of anilines is 2. The highest BCUT2D eigenvalue weighted by molar-refractivity contribution is 6.51. The number of ether oxygens (including phenoxy) is 1. The molecule has 0 spiro atoms. The Balaban J connectivity index is 1.58. The van der Waals surface area contributed by atoms with E-state index in [0.29, 0.717) is 35.1 Å². The molecular weight excluding hydrogens is 550 g/mol. The topological polar surface area (TPSA) is 70.1 Å². The van der Waals surface area contributed by atoms with Gasteiger partial charge in [-0.1, -0.05) is 42.5 Å². The quantitative estimate of drug-likeness (QED) is 0.127. The van der Waals surface area contributed by atoms with E-state index in [1.807, 2.05) is 63.2 Å². The minimum atomic E-state index is -1.15. The summed E-state index contributed by atoms with van der Waals surface area (Å²) in [6, 6.07) is 23.5. The molecule has 43 heavy (non-hydrogen) atoms. The Hall–Kier alpha value is -4.98. The van der Waals surface area contributed by atoms with E-state index in [-0.39, 0.29) is 11.3 Å². The molecule has 1 aliphatic rings. The van der Waals surface area contributed by atoms with Crippen molar-refractivity contribution in [3.8, 4) is 5.75 Å². The summed E-state index contributed by atoms with van der Waals surface area (Å²) < 4.78 is 34.8. The number of amides is 1. The van der Waals surface area contributed by atoms with Crippen LogP contribution in [0.15, 0.2) is 96.6 Å². The Bertz CT molecular complexity index is 1680. The van der Waals surface area contributed by atoms with E-state index in [1.54, 1.807) is 30.3 Å². The van der Waals surface area contributed by atoms with Crippen molar-refractivity contribution in [3.05, 3.63) is 130 Å². The van der Waals surface area contributed by atoms with Crippen molar-refractivity contribution in [1.82, 2.24) is 0 Å². The van der Waals surface area contributed by atoms with Gasteiger partial charge in [-0.15, -0.1) is 0 Å². The van der Waals surface area contributed by atoms with Crippen molar-refractivity contribution in [1.29, 1.82) is 0 Å². The van der Waals surface area contributed by atoms with Crippen molar-refractivity contribution in [2.75, 3.05) is 22.9 Å². The number of aliphatic hydroxyl groups is 1. The van der Waals surface area contributed by atoms with Gasteiger partial charge in [-0.25, -0.2) is 8.78 Å². The van der Waals surface area contributed by atoms with Gasteiger partial charge in [-0.3, -0.25) is 14.5 Å². The number of nitrogens with zero attached hydrogens (tertiary/aromatic N) is 2. The van der Waals surface area contributed by atoms with Crippen LogP contribution in [0.3, 0.4) is 0 Å². The van der Waals surface area contributed by atoms with Gasteiger partial charge in [0.25, 0.3) is 11.7 Å². The van der Waals surface area contributed by atoms with Crippen molar-refractivity contribution in [2.24, 2.45) is 0 Å². The van der Waals surface area contributed by atoms with Crippen LogP contribution >= 0.6 is 0 Å². The zero-order chi connectivity index (χ0) is 30.7. The van der Waals surface area contributed by atoms with Gasteiger partial charge in [0, 0.05) is 30.4 Å². The molecule has 1 N–H and O–H groups in total. The second-order valence-corrected chi connectivity index (χ2v) is 10.3. The molecule has 4 aromatic carbocycles. The number of carbonyl (C=O) groups is 2. The van der Waals surface area contributed by atoms with Gasteiger partial charge in [-0.2, -0.15) is 0 Å². The number of benzene rings is 4. The van der Waals surface area contributed by atoms with Gasteiger partial charge < -0.3 is 14.7 Å². The minimum absolute atomic E-state index is 0.193. The van der Waals surface area contributed by atoms with Gasteiger partial charge in [0.15, 0.2) is 0 Å². The summed E-state index contributed by atoms with van der Waals surface area (Å²) in [4.78, 5) is 30.0. The third-order valence-corrected chi connectivity index (χ3v) is 7.64. The van der Waals surface area contributed by atoms with E-state index >= 15 is 4.39 Å². The summed E-state index contributed by atoms with van der Waals surface area (Å²) >= 11 is 0. The second-order valence-electron chi connectivity index (χ2n) is 10.3. The molecule has 1 aliphatic heterocycles. The summed E-state index contributed by atoms with van der Waals surface area (Å²) in [5.41, 5.74) is 2.96. The third kappa shape index (κ3) is 5.86. The van der Waals surface area contributed by atoms with E-state index < -0.39 is 35.1 Å². The lowest BCUT2D eigenvalue weighted by Gasteiger charge is -2.27. The van der Waals surface area contributed by atoms with Crippen LogP contribution in [0.1, 0.15) is 42.1 Å². The first-order valence-electron chi connectivity index (χ1n) is 14.1. The lowest BCUT2D eigenvalue weighted by molar-refractivity contribution is -0.132. The molecule has 4 aromatic rings. The summed E-state index contributed by atoms with van der Waals surface area (Å²) in [6.07, 6.45) is 0. The van der Waals surface area contributed by atoms with Crippen LogP contribution in [0.5, 0.6) is 5.75 Å². The van der Waals surface area contributed by atoms with Crippen molar-refractivity contribution in [2.45, 2.75) is 33.4 Å². The maximum absolute atomic E-state index is 15.1. The van der Waals surface area contributed by atoms with E-state index in [4.69, 9.17) is 4.74 Å². The SMILES string of the molecule is CCN(CC)c1ccc(C2/C(=C(\O)c3ccc(OCc4ccccc4)c(C)c3)C(=O)C(=O)N2c2ccc(F)cc2F)cc1. The number of aliphatic hydroxyl groups excluding tert-OH is 1. The highest BCUT2D eigenvalue weighted by atomic mass is 19.1. The molecule has 1 heterocycles. The van der Waals surface area contributed by atoms with Crippen LogP contribution in [-0.4, -0.2) is 29.9 Å². The van der Waals surface area contributed by atoms with Crippen LogP contribution in [0.25, 0.3) is 5.76 Å². The summed E-state index contributed by atoms with van der Waals surface area (Å²) in [5, 5.41) is 11.5. The number of carbonyl (C=O) groups excluding carboxylic acids is 2. The highest BCUT2D eigenvalue weighted by Gasteiger charge is 2.47. The zero-order valence-corrected chi connectivity index (χ0v) is 24.2. The Morgan fingerprint density at radius 3 is 2.23 bits per heavy atom. The van der Waals surface area contributed by atoms with Crippen molar-refractivity contribution >= 4 is 28.8 Å². The molecule has 0 aliphatic carbocycles. The van der Waals surface area contributed by atoms with E-state index in [9.17, 15) is 19.1 Å². The van der Waals surface area contributed by atoms with Gasteiger partial charge in [-0.05, 0) is 79.9 Å². The molecule has 0 saturated carbocycles. The maximum Gasteiger partial charge on any atom is 0.300 e. The molecule has 1 fully saturated rings. The number of hydrogen-bond acceptors (Lipinski definition) is 5. The third-order valence-electron chi connectivity index (χ3n) is 7.64. The lowest BCUT2D eigenvalue weighted by atomic mass is 9.94. The lowest BCUT2D eigenvalue weighted by Crippen LogP contribution is -2.30. The van der Waals surface area contributed by atoms with E-state index in [0.717, 1.165) is 41.4 Å². The first-order chi connectivity index (χ1) is 20.7. The number of rotatable bonds is 9. The number of hydrogen-bond donors (Lipinski definition) is 1. The minimum Gasteiger partial charge on any atom is -0.507 e. The first-order valence-corrected chi connectivity index (χ1v) is 14.1. The largest absolute Gasteiger partial charge is 0.507 e.